The minimum Gasteiger partial charge on any atom is -0.503 e. The maximum absolute atomic E-state index is 13.4. The molecule has 46 heavy (non-hydrogen) atoms. The number of quaternary nitrogens is 1. The molecule has 17 nitrogen and oxygen atoms in total. The van der Waals surface area contributed by atoms with Crippen molar-refractivity contribution in [1.29, 1.82) is 0 Å². The molecule has 2 atom stereocenters. The molecule has 0 unspecified atom stereocenters. The Hall–Kier alpha value is -4.49. The van der Waals surface area contributed by atoms with Crippen LogP contribution in [0, 0.1) is 0 Å². The molecule has 0 aromatic carbocycles. The maximum Gasteiger partial charge on any atom is 0.352 e. The summed E-state index contributed by atoms with van der Waals surface area (Å²) in [7, 11) is 0. The van der Waals surface area contributed by atoms with E-state index in [-0.39, 0.29) is 22.4 Å². The van der Waals surface area contributed by atoms with E-state index in [0.29, 0.717) is 41.0 Å². The van der Waals surface area contributed by atoms with E-state index in [1.165, 1.54) is 42.8 Å². The molecule has 2 fully saturated rings. The fourth-order valence-electron chi connectivity index (χ4n) is 5.61. The van der Waals surface area contributed by atoms with Gasteiger partial charge < -0.3 is 40.7 Å². The number of hydrogen-bond acceptors (Lipinski definition) is 13. The van der Waals surface area contributed by atoms with Crippen LogP contribution in [-0.4, -0.2) is 117 Å². The number of nitrogen functional groups attached to an aromatic ring is 1. The van der Waals surface area contributed by atoms with Gasteiger partial charge in [0.2, 0.25) is 22.6 Å². The molecule has 2 saturated heterocycles. The Bertz CT molecular complexity index is 1700. The maximum atomic E-state index is 13.4. The van der Waals surface area contributed by atoms with Crippen LogP contribution < -0.4 is 16.5 Å². The van der Waals surface area contributed by atoms with Crippen LogP contribution >= 0.6 is 23.3 Å². The van der Waals surface area contributed by atoms with Crippen LogP contribution in [0.2, 0.25) is 0 Å². The number of carboxylic acids is 2. The van der Waals surface area contributed by atoms with Crippen LogP contribution in [0.5, 0.6) is 5.75 Å². The van der Waals surface area contributed by atoms with Gasteiger partial charge in [-0.1, -0.05) is 5.16 Å². The molecule has 2 aromatic heterocycles. The highest BCUT2D eigenvalue weighted by atomic mass is 32.2. The number of aromatic amines is 1. The molecule has 0 spiro atoms. The summed E-state index contributed by atoms with van der Waals surface area (Å²) in [6.45, 7) is 5.08. The molecular weight excluding hydrogens is 644 g/mol. The van der Waals surface area contributed by atoms with E-state index >= 15 is 0 Å². The summed E-state index contributed by atoms with van der Waals surface area (Å²) in [5.74, 6) is -4.46. The van der Waals surface area contributed by atoms with E-state index in [1.54, 1.807) is 0 Å². The highest BCUT2D eigenvalue weighted by Gasteiger charge is 2.55. The highest BCUT2D eigenvalue weighted by Crippen LogP contribution is 2.41. The molecule has 0 bridgehead atoms. The number of thioether (sulfide) groups is 1. The van der Waals surface area contributed by atoms with Crippen molar-refractivity contribution < 1.29 is 43.8 Å². The van der Waals surface area contributed by atoms with E-state index in [4.69, 9.17) is 10.6 Å². The topological polar surface area (TPSA) is 250 Å². The van der Waals surface area contributed by atoms with Gasteiger partial charge in [-0.25, -0.2) is 9.59 Å². The fourth-order valence-corrected chi connectivity index (χ4v) is 7.38. The number of aromatic hydroxyl groups is 1. The Morgan fingerprint density at radius 1 is 1.26 bits per heavy atom. The number of nitrogens with one attached hydrogen (secondary N) is 2. The number of rotatable bonds is 12. The Balaban J connectivity index is 1.33. The van der Waals surface area contributed by atoms with Crippen molar-refractivity contribution in [2.75, 3.05) is 37.7 Å². The summed E-state index contributed by atoms with van der Waals surface area (Å²) in [6, 6.07) is 0.246. The zero-order valence-corrected chi connectivity index (χ0v) is 26.5. The minimum atomic E-state index is -1.80. The van der Waals surface area contributed by atoms with Crippen molar-refractivity contribution in [3.63, 3.8) is 0 Å². The number of oxime groups is 1. The van der Waals surface area contributed by atoms with Gasteiger partial charge in [0.05, 0.1) is 19.6 Å². The first kappa shape index (κ1) is 32.9. The number of carboxylic acid groups (broad SMARTS) is 2. The van der Waals surface area contributed by atoms with Crippen LogP contribution in [-0.2, 0) is 30.4 Å². The molecule has 2 aromatic rings. The monoisotopic (exact) mass is 677 g/mol. The standard InChI is InChI=1S/C27H32N8O9S2/c1-27(2,25(42)43)44-32-17(20-31-26(28)46-33-20)21(38)30-18-22(39)34-19(24(40)41)13(12-45-23(18)34)11-35(6-3-4-7-35)8-5-14-9-15(36)16(37)10-29-14/h9-10,18,23H,3-8,11-12H2,1-2H3,(H6-,28,29,30,31,32,33,36,37,38,40,41,42,43)/p+1/t18-,23-/m1/s1. The van der Waals surface area contributed by atoms with Crippen molar-refractivity contribution in [1.82, 2.24) is 24.6 Å². The molecule has 2 amide bonds. The lowest BCUT2D eigenvalue weighted by atomic mass is 10.0. The fraction of sp³-hybridized carbons (Fsp3) is 0.481. The molecule has 5 heterocycles. The molecular formula is C27H33N8O9S2+. The van der Waals surface area contributed by atoms with Gasteiger partial charge in [-0.3, -0.25) is 19.3 Å². The number of carbonyl (C=O) groups excluding carboxylic acids is 2. The van der Waals surface area contributed by atoms with E-state index in [0.717, 1.165) is 37.5 Å². The summed E-state index contributed by atoms with van der Waals surface area (Å²) < 4.78 is 4.53. The SMILES string of the molecule is CC(C)(ON=C(C(=O)N[C@@H]1C(=O)N2C(C(=O)O)=C(C[N+]3(CCc4cc(=O)c(O)c[nH]4)CCCC3)CS[C@H]12)c1nsc(N)n1)C(=O)O. The largest absolute Gasteiger partial charge is 0.503 e. The molecule has 7 N–H and O–H groups in total. The summed E-state index contributed by atoms with van der Waals surface area (Å²) in [5.41, 5.74) is 4.01. The van der Waals surface area contributed by atoms with Crippen LogP contribution in [0.3, 0.4) is 0 Å². The lowest BCUT2D eigenvalue weighted by Crippen LogP contribution is -2.71. The second kappa shape index (κ2) is 12.7. The second-order valence-electron chi connectivity index (χ2n) is 11.8. The number of aliphatic carboxylic acids is 2. The Labute approximate surface area is 269 Å². The number of pyridine rings is 1. The normalized spacial score (nSPS) is 21.0. The van der Waals surface area contributed by atoms with Crippen molar-refractivity contribution in [3.8, 4) is 5.75 Å². The molecule has 3 aliphatic rings. The lowest BCUT2D eigenvalue weighted by molar-refractivity contribution is -0.912. The Kier molecular flexibility index (Phi) is 9.09. The summed E-state index contributed by atoms with van der Waals surface area (Å²) >= 11 is 2.09. The third-order valence-corrected chi connectivity index (χ3v) is 10.0. The van der Waals surface area contributed by atoms with Gasteiger partial charge in [-0.15, -0.1) is 11.8 Å². The quantitative estimate of drug-likeness (QED) is 0.0731. The van der Waals surface area contributed by atoms with Crippen molar-refractivity contribution in [2.45, 2.75) is 50.1 Å². The van der Waals surface area contributed by atoms with Crippen molar-refractivity contribution in [3.05, 3.63) is 45.3 Å². The van der Waals surface area contributed by atoms with Crippen LogP contribution in [0.4, 0.5) is 5.13 Å². The number of amides is 2. The first-order valence-corrected chi connectivity index (χ1v) is 16.1. The lowest BCUT2D eigenvalue weighted by Gasteiger charge is -2.50. The molecule has 19 heteroatoms. The van der Waals surface area contributed by atoms with E-state index in [9.17, 15) is 39.3 Å². The number of likely N-dealkylation sites (tertiary alicyclic amines) is 1. The van der Waals surface area contributed by atoms with Gasteiger partial charge in [-0.2, -0.15) is 9.36 Å². The van der Waals surface area contributed by atoms with E-state index in [1.807, 2.05) is 0 Å². The highest BCUT2D eigenvalue weighted by molar-refractivity contribution is 8.00. The number of H-pyrrole nitrogens is 1. The van der Waals surface area contributed by atoms with Gasteiger partial charge in [0.1, 0.15) is 23.7 Å². The van der Waals surface area contributed by atoms with Gasteiger partial charge in [0, 0.05) is 60.1 Å². The molecule has 0 radical (unpaired) electrons. The zero-order valence-electron chi connectivity index (χ0n) is 24.9. The third-order valence-electron chi connectivity index (χ3n) is 8.13. The number of nitrogens with two attached hydrogens (primary N) is 1. The van der Waals surface area contributed by atoms with Gasteiger partial charge in [0.25, 0.3) is 11.8 Å². The predicted octanol–water partition coefficient (Wildman–Crippen LogP) is -0.310. The van der Waals surface area contributed by atoms with Crippen LogP contribution in [0.15, 0.2) is 33.5 Å². The average Bonchev–Trinajstić information content (AvgIpc) is 3.65. The smallest absolute Gasteiger partial charge is 0.352 e. The first-order valence-electron chi connectivity index (χ1n) is 14.3. The molecule has 246 valence electrons. The number of nitrogens with zero attached hydrogens (tertiary/aromatic N) is 5. The average molecular weight is 678 g/mol. The van der Waals surface area contributed by atoms with Gasteiger partial charge >= 0.3 is 11.9 Å². The van der Waals surface area contributed by atoms with E-state index in [2.05, 4.69) is 24.8 Å². The number of hydrogen-bond donors (Lipinski definition) is 6. The number of anilines is 1. The van der Waals surface area contributed by atoms with Crippen molar-refractivity contribution in [2.24, 2.45) is 5.16 Å². The Morgan fingerprint density at radius 3 is 2.59 bits per heavy atom. The summed E-state index contributed by atoms with van der Waals surface area (Å²) in [5, 5.41) is 34.7. The van der Waals surface area contributed by atoms with Gasteiger partial charge in [0.15, 0.2) is 10.9 Å². The molecule has 0 saturated carbocycles. The Morgan fingerprint density at radius 2 is 1.98 bits per heavy atom. The molecule has 0 aliphatic carbocycles. The van der Waals surface area contributed by atoms with Crippen molar-refractivity contribution >= 4 is 57.9 Å². The van der Waals surface area contributed by atoms with Crippen LogP contribution in [0.1, 0.15) is 38.2 Å². The first-order chi connectivity index (χ1) is 21.7. The number of β-lactam (4-membered cyclic amide) rings is 1. The number of aromatic nitrogens is 3. The second-order valence-corrected chi connectivity index (χ2v) is 13.6. The van der Waals surface area contributed by atoms with Gasteiger partial charge in [-0.05, 0) is 13.8 Å². The summed E-state index contributed by atoms with van der Waals surface area (Å²) in [6.07, 6.45) is 3.66. The van der Waals surface area contributed by atoms with Crippen LogP contribution in [0.25, 0.3) is 0 Å². The number of fused-ring (bicyclic) bond motifs is 1. The zero-order chi connectivity index (χ0) is 33.4. The van der Waals surface area contributed by atoms with E-state index < -0.39 is 51.9 Å². The molecule has 3 aliphatic heterocycles. The predicted molar refractivity (Wildman–Crippen MR) is 165 cm³/mol. The summed E-state index contributed by atoms with van der Waals surface area (Å²) in [4.78, 5) is 75.7. The third kappa shape index (κ3) is 6.56. The minimum absolute atomic E-state index is 0.0142. The molecule has 5 rings (SSSR count). The number of carbonyl (C=O) groups is 4.